The van der Waals surface area contributed by atoms with Gasteiger partial charge < -0.3 is 14.8 Å². The summed E-state index contributed by atoms with van der Waals surface area (Å²) < 4.78 is 3.08. The van der Waals surface area contributed by atoms with E-state index in [1.165, 1.54) is 16.3 Å². The summed E-state index contributed by atoms with van der Waals surface area (Å²) in [7, 11) is 1.55. The molecule has 1 atom stereocenters. The molecule has 0 bridgehead atoms. The van der Waals surface area contributed by atoms with Crippen LogP contribution in [-0.4, -0.2) is 47.8 Å². The van der Waals surface area contributed by atoms with Crippen molar-refractivity contribution in [3.63, 3.8) is 0 Å². The average molecular weight is 342 g/mol. The van der Waals surface area contributed by atoms with Crippen LogP contribution in [0.1, 0.15) is 20.3 Å². The Labute approximate surface area is 137 Å². The van der Waals surface area contributed by atoms with E-state index >= 15 is 0 Å². The molecule has 0 saturated heterocycles. The normalized spacial score (nSPS) is 13.1. The van der Waals surface area contributed by atoms with Gasteiger partial charge in [-0.15, -0.1) is 0 Å². The molecule has 0 aliphatic rings. The Hall–Kier alpha value is -1.58. The second kappa shape index (κ2) is 7.33. The van der Waals surface area contributed by atoms with Crippen molar-refractivity contribution >= 4 is 22.9 Å². The van der Waals surface area contributed by atoms with E-state index in [1.54, 1.807) is 11.6 Å². The van der Waals surface area contributed by atoms with Crippen molar-refractivity contribution in [2.24, 2.45) is 13.0 Å². The monoisotopic (exact) mass is 342 g/mol. The highest BCUT2D eigenvalue weighted by Crippen LogP contribution is 2.23. The van der Waals surface area contributed by atoms with E-state index < -0.39 is 17.4 Å². The van der Waals surface area contributed by atoms with Crippen LogP contribution < -0.4 is 11.2 Å². The molecule has 3 N–H and O–H groups in total. The summed E-state index contributed by atoms with van der Waals surface area (Å²) >= 11 is 1.25. The number of hydrogen-bond donors (Lipinski definition) is 3. The van der Waals surface area contributed by atoms with Crippen molar-refractivity contribution in [3.05, 3.63) is 20.8 Å². The van der Waals surface area contributed by atoms with E-state index in [2.05, 4.69) is 23.8 Å². The van der Waals surface area contributed by atoms with Gasteiger partial charge in [-0.05, 0) is 12.3 Å². The van der Waals surface area contributed by atoms with Gasteiger partial charge in [0.2, 0.25) is 0 Å². The maximum Gasteiger partial charge on any atom is 0.329 e. The van der Waals surface area contributed by atoms with Gasteiger partial charge in [0.25, 0.3) is 5.56 Å². The highest BCUT2D eigenvalue weighted by Gasteiger charge is 2.18. The lowest BCUT2D eigenvalue weighted by Crippen LogP contribution is -2.29. The number of nitrogens with zero attached hydrogens (tertiary/aromatic N) is 3. The number of aryl methyl sites for hydroxylation is 2. The lowest BCUT2D eigenvalue weighted by molar-refractivity contribution is 0.113. The first kappa shape index (κ1) is 17.8. The van der Waals surface area contributed by atoms with Crippen molar-refractivity contribution < 1.29 is 10.2 Å². The molecular weight excluding hydrogens is 320 g/mol. The number of aromatic amines is 1. The van der Waals surface area contributed by atoms with Gasteiger partial charge in [0.1, 0.15) is 0 Å². The van der Waals surface area contributed by atoms with Gasteiger partial charge in [-0.25, -0.2) is 9.78 Å². The van der Waals surface area contributed by atoms with Crippen molar-refractivity contribution in [3.8, 4) is 0 Å². The topological polar surface area (TPSA) is 113 Å². The molecule has 0 saturated carbocycles. The second-order valence-corrected chi connectivity index (χ2v) is 6.85. The number of nitrogens with one attached hydrogen (secondary N) is 1. The van der Waals surface area contributed by atoms with Crippen molar-refractivity contribution in [2.75, 3.05) is 12.4 Å². The summed E-state index contributed by atoms with van der Waals surface area (Å²) in [6.45, 7) is 4.42. The third-order valence-corrected chi connectivity index (χ3v) is 4.64. The number of rotatable bonds is 7. The maximum absolute atomic E-state index is 12.2. The van der Waals surface area contributed by atoms with Crippen LogP contribution in [0.25, 0.3) is 11.2 Å². The summed E-state index contributed by atoms with van der Waals surface area (Å²) in [4.78, 5) is 30.6. The van der Waals surface area contributed by atoms with Crippen molar-refractivity contribution in [2.45, 2.75) is 38.1 Å². The number of thioether (sulfide) groups is 1. The molecule has 128 valence electrons. The Kier molecular flexibility index (Phi) is 5.66. The number of aromatic nitrogens is 4. The van der Waals surface area contributed by atoms with E-state index in [9.17, 15) is 14.7 Å². The molecule has 2 heterocycles. The summed E-state index contributed by atoms with van der Waals surface area (Å²) in [5.41, 5.74) is -0.297. The van der Waals surface area contributed by atoms with Crippen molar-refractivity contribution in [1.29, 1.82) is 0 Å². The predicted octanol–water partition coefficient (Wildman–Crippen LogP) is -0.0853. The van der Waals surface area contributed by atoms with E-state index in [1.807, 2.05) is 0 Å². The maximum atomic E-state index is 12.2. The SMILES string of the molecule is CC(C)CCn1c(SC[C@H](O)CO)nc2c1c(=O)[nH]c(=O)n2C. The van der Waals surface area contributed by atoms with Crippen molar-refractivity contribution in [1.82, 2.24) is 19.1 Å². The molecular formula is C14H22N4O4S. The molecule has 0 unspecified atom stereocenters. The number of hydrogen-bond acceptors (Lipinski definition) is 6. The smallest absolute Gasteiger partial charge is 0.329 e. The van der Waals surface area contributed by atoms with Gasteiger partial charge >= 0.3 is 5.69 Å². The van der Waals surface area contributed by atoms with Crippen LogP contribution in [0.2, 0.25) is 0 Å². The van der Waals surface area contributed by atoms with Crippen LogP contribution in [0.3, 0.4) is 0 Å². The molecule has 0 aliphatic carbocycles. The minimum atomic E-state index is -0.861. The molecule has 0 fully saturated rings. The fourth-order valence-electron chi connectivity index (χ4n) is 2.14. The Morgan fingerprint density at radius 1 is 1.35 bits per heavy atom. The minimum Gasteiger partial charge on any atom is -0.394 e. The Morgan fingerprint density at radius 3 is 2.65 bits per heavy atom. The third-order valence-electron chi connectivity index (χ3n) is 3.52. The quantitative estimate of drug-likeness (QED) is 0.606. The van der Waals surface area contributed by atoms with Gasteiger partial charge in [-0.3, -0.25) is 14.3 Å². The minimum absolute atomic E-state index is 0.257. The zero-order valence-corrected chi connectivity index (χ0v) is 14.3. The van der Waals surface area contributed by atoms with E-state index in [-0.39, 0.29) is 12.4 Å². The fraction of sp³-hybridized carbons (Fsp3) is 0.643. The number of H-pyrrole nitrogens is 1. The van der Waals surface area contributed by atoms with Crippen LogP contribution in [0, 0.1) is 5.92 Å². The zero-order valence-electron chi connectivity index (χ0n) is 13.4. The number of fused-ring (bicyclic) bond motifs is 1. The van der Waals surface area contributed by atoms with E-state index in [0.29, 0.717) is 28.8 Å². The van der Waals surface area contributed by atoms with Crippen LogP contribution in [-0.2, 0) is 13.6 Å². The predicted molar refractivity (Wildman–Crippen MR) is 88.9 cm³/mol. The first-order chi connectivity index (χ1) is 10.8. The van der Waals surface area contributed by atoms with Gasteiger partial charge in [-0.2, -0.15) is 0 Å². The molecule has 0 spiro atoms. The fourth-order valence-corrected chi connectivity index (χ4v) is 3.08. The first-order valence-electron chi connectivity index (χ1n) is 7.46. The molecule has 23 heavy (non-hydrogen) atoms. The molecule has 0 amide bonds. The Morgan fingerprint density at radius 2 is 2.04 bits per heavy atom. The molecule has 2 aromatic rings. The van der Waals surface area contributed by atoms with Gasteiger partial charge in [0, 0.05) is 19.3 Å². The standard InChI is InChI=1S/C14H22N4O4S/c1-8(2)4-5-18-10-11(17(3)13(22)16-12(10)21)15-14(18)23-7-9(20)6-19/h8-9,19-20H,4-7H2,1-3H3,(H,16,21,22)/t9-/m1/s1. The number of aliphatic hydroxyl groups is 2. The summed E-state index contributed by atoms with van der Waals surface area (Å²) in [6.07, 6.45) is -0.00963. The van der Waals surface area contributed by atoms with Crippen LogP contribution >= 0.6 is 11.8 Å². The van der Waals surface area contributed by atoms with Gasteiger partial charge in [0.05, 0.1) is 12.7 Å². The summed E-state index contributed by atoms with van der Waals surface area (Å²) in [6, 6.07) is 0. The number of imidazole rings is 1. The largest absolute Gasteiger partial charge is 0.394 e. The molecule has 2 rings (SSSR count). The van der Waals surface area contributed by atoms with Crippen LogP contribution in [0.5, 0.6) is 0 Å². The summed E-state index contributed by atoms with van der Waals surface area (Å²) in [5, 5.41) is 19.0. The lowest BCUT2D eigenvalue weighted by Gasteiger charge is -2.11. The van der Waals surface area contributed by atoms with Crippen LogP contribution in [0.4, 0.5) is 0 Å². The highest BCUT2D eigenvalue weighted by atomic mass is 32.2. The molecule has 0 aromatic carbocycles. The zero-order chi connectivity index (χ0) is 17.1. The lowest BCUT2D eigenvalue weighted by atomic mass is 10.1. The molecule has 0 radical (unpaired) electrons. The van der Waals surface area contributed by atoms with E-state index in [0.717, 1.165) is 6.42 Å². The Balaban J connectivity index is 2.53. The third kappa shape index (κ3) is 3.85. The molecule has 0 aliphatic heterocycles. The second-order valence-electron chi connectivity index (χ2n) is 5.87. The molecule has 9 heteroatoms. The number of aliphatic hydroxyl groups excluding tert-OH is 2. The average Bonchev–Trinajstić information content (AvgIpc) is 2.87. The Bertz CT molecular complexity index is 792. The molecule has 2 aromatic heterocycles. The van der Waals surface area contributed by atoms with E-state index in [4.69, 9.17) is 5.11 Å². The van der Waals surface area contributed by atoms with Gasteiger partial charge in [0.15, 0.2) is 16.3 Å². The first-order valence-corrected chi connectivity index (χ1v) is 8.45. The van der Waals surface area contributed by atoms with Gasteiger partial charge in [-0.1, -0.05) is 25.6 Å². The highest BCUT2D eigenvalue weighted by molar-refractivity contribution is 7.99. The molecule has 8 nitrogen and oxygen atoms in total. The summed E-state index contributed by atoms with van der Waals surface area (Å²) in [5.74, 6) is 0.702. The van der Waals surface area contributed by atoms with Crippen LogP contribution in [0.15, 0.2) is 14.7 Å².